The second kappa shape index (κ2) is 13.0. The van der Waals surface area contributed by atoms with E-state index in [4.69, 9.17) is 4.74 Å². The second-order valence-corrected chi connectivity index (χ2v) is 12.8. The van der Waals surface area contributed by atoms with Gasteiger partial charge in [0.2, 0.25) is 5.91 Å². The lowest BCUT2D eigenvalue weighted by Crippen LogP contribution is -2.59. The van der Waals surface area contributed by atoms with Crippen LogP contribution in [0.2, 0.25) is 0 Å². The molecule has 3 rings (SSSR count). The fourth-order valence-electron chi connectivity index (χ4n) is 5.22. The average molecular weight is 614 g/mol. The van der Waals surface area contributed by atoms with Crippen LogP contribution in [-0.4, -0.2) is 71.3 Å². The molecule has 36 heavy (non-hydrogen) atoms. The molecule has 1 aliphatic heterocycles. The minimum atomic E-state index is -0.992. The van der Waals surface area contributed by atoms with E-state index in [1.54, 1.807) is 18.7 Å². The summed E-state index contributed by atoms with van der Waals surface area (Å²) in [5.74, 6) is -0.140. The number of halogens is 1. The highest BCUT2D eigenvalue weighted by atomic mass is 127. The highest BCUT2D eigenvalue weighted by Crippen LogP contribution is 2.28. The van der Waals surface area contributed by atoms with Crippen LogP contribution in [0, 0.1) is 9.49 Å². The zero-order chi connectivity index (χ0) is 26.3. The Morgan fingerprint density at radius 3 is 2.36 bits per heavy atom. The van der Waals surface area contributed by atoms with Crippen molar-refractivity contribution in [3.05, 3.63) is 33.4 Å². The number of amides is 2. The zero-order valence-electron chi connectivity index (χ0n) is 22.3. The molecule has 1 unspecified atom stereocenters. The average Bonchev–Trinajstić information content (AvgIpc) is 2.83. The van der Waals surface area contributed by atoms with Gasteiger partial charge in [-0.3, -0.25) is 9.59 Å². The third-order valence-electron chi connectivity index (χ3n) is 7.12. The molecule has 2 amide bonds. The molecule has 3 N–H and O–H groups in total. The molecule has 1 aromatic carbocycles. The maximum atomic E-state index is 14.1. The van der Waals surface area contributed by atoms with E-state index < -0.39 is 17.2 Å². The number of carbonyl (C=O) groups excluding carboxylic acids is 2. The van der Waals surface area contributed by atoms with Gasteiger partial charge in [0.25, 0.3) is 5.91 Å². The Hall–Kier alpha value is -1.23. The Morgan fingerprint density at radius 1 is 1.11 bits per heavy atom. The number of benzene rings is 1. The molecule has 7 nitrogen and oxygen atoms in total. The number of nitrogens with zero attached hydrogens (tertiary/aromatic N) is 1. The molecule has 1 saturated heterocycles. The Labute approximate surface area is 230 Å². The van der Waals surface area contributed by atoms with E-state index in [9.17, 15) is 14.7 Å². The summed E-state index contributed by atoms with van der Waals surface area (Å²) in [6.07, 6.45) is 7.14. The summed E-state index contributed by atoms with van der Waals surface area (Å²) in [6, 6.07) is 7.13. The van der Waals surface area contributed by atoms with Crippen molar-refractivity contribution in [1.29, 1.82) is 0 Å². The monoisotopic (exact) mass is 613 g/mol. The number of aliphatic hydroxyl groups is 1. The molecule has 2 fully saturated rings. The Kier molecular flexibility index (Phi) is 10.6. The standard InChI is InChI=1S/C28H44IN3O4/c1-27(2,35)19-36-28(3,4)18-32(26(34)22-12-8-9-13-23(22)29)24(20-14-16-30-17-15-20)25(33)31-21-10-6-5-7-11-21/h8-9,12-13,20-21,24,30,35H,5-7,10-11,14-19H2,1-4H3,(H,31,33). The molecule has 1 aliphatic carbocycles. The number of ether oxygens (including phenoxy) is 1. The number of rotatable bonds is 10. The van der Waals surface area contributed by atoms with E-state index in [-0.39, 0.29) is 36.9 Å². The summed E-state index contributed by atoms with van der Waals surface area (Å²) < 4.78 is 6.98. The molecule has 0 bridgehead atoms. The quantitative estimate of drug-likeness (QED) is 0.346. The third kappa shape index (κ3) is 8.67. The highest BCUT2D eigenvalue weighted by Gasteiger charge is 2.41. The molecule has 0 aromatic heterocycles. The maximum absolute atomic E-state index is 14.1. The molecule has 1 saturated carbocycles. The van der Waals surface area contributed by atoms with Gasteiger partial charge in [0.15, 0.2) is 0 Å². The van der Waals surface area contributed by atoms with Gasteiger partial charge in [-0.1, -0.05) is 31.4 Å². The van der Waals surface area contributed by atoms with E-state index in [2.05, 4.69) is 33.2 Å². The highest BCUT2D eigenvalue weighted by molar-refractivity contribution is 14.1. The molecule has 0 radical (unpaired) electrons. The van der Waals surface area contributed by atoms with Crippen molar-refractivity contribution in [2.75, 3.05) is 26.2 Å². The Morgan fingerprint density at radius 2 is 1.75 bits per heavy atom. The molecule has 202 valence electrons. The van der Waals surface area contributed by atoms with Crippen LogP contribution in [0.15, 0.2) is 24.3 Å². The van der Waals surface area contributed by atoms with Gasteiger partial charge in [0.1, 0.15) is 6.04 Å². The summed E-state index contributed by atoms with van der Waals surface area (Å²) in [5, 5.41) is 17.0. The second-order valence-electron chi connectivity index (χ2n) is 11.6. The van der Waals surface area contributed by atoms with Crippen LogP contribution >= 0.6 is 22.6 Å². The fourth-order valence-corrected chi connectivity index (χ4v) is 5.84. The first-order valence-electron chi connectivity index (χ1n) is 13.4. The van der Waals surface area contributed by atoms with Crippen LogP contribution in [0.1, 0.15) is 83.0 Å². The molecule has 1 aromatic rings. The lowest BCUT2D eigenvalue weighted by Gasteiger charge is -2.42. The van der Waals surface area contributed by atoms with Crippen LogP contribution in [0.4, 0.5) is 0 Å². The van der Waals surface area contributed by atoms with Crippen LogP contribution in [0.3, 0.4) is 0 Å². The topological polar surface area (TPSA) is 90.9 Å². The lowest BCUT2D eigenvalue weighted by molar-refractivity contribution is -0.133. The summed E-state index contributed by atoms with van der Waals surface area (Å²) >= 11 is 2.19. The van der Waals surface area contributed by atoms with E-state index in [1.807, 2.05) is 38.1 Å². The SMILES string of the molecule is CC(C)(O)COC(C)(C)CN(C(=O)c1ccccc1I)C(C(=O)NC1CCCCC1)C1CCNCC1. The van der Waals surface area contributed by atoms with Crippen molar-refractivity contribution in [1.82, 2.24) is 15.5 Å². The first-order valence-corrected chi connectivity index (χ1v) is 14.5. The smallest absolute Gasteiger partial charge is 0.255 e. The normalized spacial score (nSPS) is 19.1. The largest absolute Gasteiger partial charge is 0.388 e. The maximum Gasteiger partial charge on any atom is 0.255 e. The number of hydrogen-bond donors (Lipinski definition) is 3. The number of carbonyl (C=O) groups is 2. The zero-order valence-corrected chi connectivity index (χ0v) is 24.5. The molecular weight excluding hydrogens is 569 g/mol. The van der Waals surface area contributed by atoms with Gasteiger partial charge in [-0.2, -0.15) is 0 Å². The number of piperidine rings is 1. The van der Waals surface area contributed by atoms with Gasteiger partial charge < -0.3 is 25.4 Å². The molecule has 0 spiro atoms. The minimum absolute atomic E-state index is 0.0497. The minimum Gasteiger partial charge on any atom is -0.388 e. The Bertz CT molecular complexity index is 874. The summed E-state index contributed by atoms with van der Waals surface area (Å²) in [7, 11) is 0. The molecule has 2 aliphatic rings. The van der Waals surface area contributed by atoms with Crippen LogP contribution in [0.5, 0.6) is 0 Å². The van der Waals surface area contributed by atoms with E-state index >= 15 is 0 Å². The summed E-state index contributed by atoms with van der Waals surface area (Å²) in [4.78, 5) is 29.9. The molecule has 8 heteroatoms. The van der Waals surface area contributed by atoms with Gasteiger partial charge in [-0.05, 0) is 107 Å². The first-order chi connectivity index (χ1) is 17.0. The van der Waals surface area contributed by atoms with Gasteiger partial charge >= 0.3 is 0 Å². The van der Waals surface area contributed by atoms with E-state index in [0.29, 0.717) is 5.56 Å². The molecular formula is C28H44IN3O4. The summed E-state index contributed by atoms with van der Waals surface area (Å²) in [6.45, 7) is 9.31. The van der Waals surface area contributed by atoms with Gasteiger partial charge in [-0.15, -0.1) is 0 Å². The van der Waals surface area contributed by atoms with Crippen LogP contribution in [-0.2, 0) is 9.53 Å². The van der Waals surface area contributed by atoms with Crippen molar-refractivity contribution in [2.45, 2.75) is 95.9 Å². The third-order valence-corrected chi connectivity index (χ3v) is 8.06. The molecule has 1 heterocycles. The van der Waals surface area contributed by atoms with Crippen molar-refractivity contribution in [3.63, 3.8) is 0 Å². The predicted molar refractivity (Wildman–Crippen MR) is 151 cm³/mol. The fraction of sp³-hybridized carbons (Fsp3) is 0.714. The predicted octanol–water partition coefficient (Wildman–Crippen LogP) is 4.12. The van der Waals surface area contributed by atoms with Crippen molar-refractivity contribution in [2.24, 2.45) is 5.92 Å². The number of hydrogen-bond acceptors (Lipinski definition) is 5. The number of nitrogens with one attached hydrogen (secondary N) is 2. The van der Waals surface area contributed by atoms with E-state index in [1.165, 1.54) is 6.42 Å². The first kappa shape index (κ1) is 29.3. The van der Waals surface area contributed by atoms with Crippen molar-refractivity contribution in [3.8, 4) is 0 Å². The van der Waals surface area contributed by atoms with Gasteiger partial charge in [-0.25, -0.2) is 0 Å². The van der Waals surface area contributed by atoms with Crippen LogP contribution < -0.4 is 10.6 Å². The Balaban J connectivity index is 1.96. The van der Waals surface area contributed by atoms with Crippen molar-refractivity contribution >= 4 is 34.4 Å². The summed E-state index contributed by atoms with van der Waals surface area (Å²) in [5.41, 5.74) is -1.15. The van der Waals surface area contributed by atoms with Crippen LogP contribution in [0.25, 0.3) is 0 Å². The molecule has 1 atom stereocenters. The van der Waals surface area contributed by atoms with E-state index in [0.717, 1.165) is 55.2 Å². The van der Waals surface area contributed by atoms with Gasteiger partial charge in [0.05, 0.1) is 29.9 Å². The van der Waals surface area contributed by atoms with Crippen molar-refractivity contribution < 1.29 is 19.4 Å². The van der Waals surface area contributed by atoms with Gasteiger partial charge in [0, 0.05) is 9.61 Å². The lowest BCUT2D eigenvalue weighted by atomic mass is 9.86.